The lowest BCUT2D eigenvalue weighted by Crippen LogP contribution is -2.19. The van der Waals surface area contributed by atoms with Gasteiger partial charge in [0.15, 0.2) is 0 Å². The number of hydrogen-bond acceptors (Lipinski definition) is 2. The van der Waals surface area contributed by atoms with Crippen LogP contribution in [-0.4, -0.2) is 11.9 Å². The van der Waals surface area contributed by atoms with Crippen LogP contribution in [-0.2, 0) is 6.18 Å². The Balaban J connectivity index is 2.16. The van der Waals surface area contributed by atoms with Crippen LogP contribution in [0.25, 0.3) is 0 Å². The quantitative estimate of drug-likeness (QED) is 0.797. The number of nitrogens with two attached hydrogens (primary N) is 1. The molecule has 0 aliphatic rings. The molecule has 0 fully saturated rings. The van der Waals surface area contributed by atoms with Crippen LogP contribution in [0.2, 0.25) is 0 Å². The summed E-state index contributed by atoms with van der Waals surface area (Å²) in [6.45, 7) is 1.35. The summed E-state index contributed by atoms with van der Waals surface area (Å²) < 4.78 is 38.6. The van der Waals surface area contributed by atoms with E-state index in [2.05, 4.69) is 10.6 Å². The molecule has 0 unspecified atom stereocenters. The van der Waals surface area contributed by atoms with E-state index in [9.17, 15) is 22.8 Å². The zero-order valence-electron chi connectivity index (χ0n) is 12.6. The van der Waals surface area contributed by atoms with Gasteiger partial charge in [-0.3, -0.25) is 4.79 Å². The summed E-state index contributed by atoms with van der Waals surface area (Å²) in [6.07, 6.45) is -4.49. The van der Waals surface area contributed by atoms with E-state index in [4.69, 9.17) is 5.73 Å². The van der Waals surface area contributed by atoms with Gasteiger partial charge in [0, 0.05) is 16.9 Å². The van der Waals surface area contributed by atoms with Crippen LogP contribution in [0.4, 0.5) is 29.3 Å². The Morgan fingerprint density at radius 1 is 0.958 bits per heavy atom. The van der Waals surface area contributed by atoms with Crippen LogP contribution in [0.5, 0.6) is 0 Å². The number of urea groups is 1. The summed E-state index contributed by atoms with van der Waals surface area (Å²) in [7, 11) is 0. The van der Waals surface area contributed by atoms with E-state index in [0.29, 0.717) is 5.69 Å². The Morgan fingerprint density at radius 3 is 2.08 bits per heavy atom. The van der Waals surface area contributed by atoms with Crippen molar-refractivity contribution in [3.8, 4) is 0 Å². The SMILES string of the molecule is Cc1ccc(NC(=O)c2ccc(NC(N)=O)cc2)cc1C(F)(F)F. The standard InChI is InChI=1S/C16H14F3N3O2/c1-9-2-5-12(8-13(9)16(17,18)19)21-14(23)10-3-6-11(7-4-10)22-15(20)24/h2-8H,1H3,(H,21,23)(H3,20,22,24). The third kappa shape index (κ3) is 4.25. The summed E-state index contributed by atoms with van der Waals surface area (Å²) in [5.74, 6) is -0.572. The molecule has 24 heavy (non-hydrogen) atoms. The molecule has 126 valence electrons. The highest BCUT2D eigenvalue weighted by Crippen LogP contribution is 2.33. The molecule has 0 spiro atoms. The summed E-state index contributed by atoms with van der Waals surface area (Å²) in [6, 6.07) is 8.57. The van der Waals surface area contributed by atoms with Crippen LogP contribution in [0.3, 0.4) is 0 Å². The molecule has 0 aromatic heterocycles. The highest BCUT2D eigenvalue weighted by Gasteiger charge is 2.32. The van der Waals surface area contributed by atoms with E-state index >= 15 is 0 Å². The van der Waals surface area contributed by atoms with E-state index in [1.807, 2.05) is 0 Å². The fourth-order valence-corrected chi connectivity index (χ4v) is 2.06. The van der Waals surface area contributed by atoms with Gasteiger partial charge in [0.25, 0.3) is 5.91 Å². The minimum atomic E-state index is -4.49. The van der Waals surface area contributed by atoms with Crippen molar-refractivity contribution >= 4 is 23.3 Å². The molecular formula is C16H14F3N3O2. The fraction of sp³-hybridized carbons (Fsp3) is 0.125. The largest absolute Gasteiger partial charge is 0.416 e. The molecule has 0 saturated heterocycles. The van der Waals surface area contributed by atoms with Crippen molar-refractivity contribution in [2.75, 3.05) is 10.6 Å². The minimum absolute atomic E-state index is 0.0391. The van der Waals surface area contributed by atoms with Crippen molar-refractivity contribution in [3.63, 3.8) is 0 Å². The number of anilines is 2. The van der Waals surface area contributed by atoms with Gasteiger partial charge in [0.05, 0.1) is 5.56 Å². The summed E-state index contributed by atoms with van der Waals surface area (Å²) in [4.78, 5) is 22.8. The van der Waals surface area contributed by atoms with Crippen LogP contribution in [0, 0.1) is 6.92 Å². The van der Waals surface area contributed by atoms with Crippen molar-refractivity contribution in [1.82, 2.24) is 0 Å². The van der Waals surface area contributed by atoms with Gasteiger partial charge >= 0.3 is 12.2 Å². The van der Waals surface area contributed by atoms with Crippen LogP contribution in [0.1, 0.15) is 21.5 Å². The first kappa shape index (κ1) is 17.3. The van der Waals surface area contributed by atoms with E-state index in [1.54, 1.807) is 0 Å². The maximum absolute atomic E-state index is 12.9. The highest BCUT2D eigenvalue weighted by molar-refractivity contribution is 6.04. The summed E-state index contributed by atoms with van der Waals surface area (Å²) >= 11 is 0. The second kappa shape index (κ2) is 6.61. The number of carbonyl (C=O) groups excluding carboxylic acids is 2. The zero-order chi connectivity index (χ0) is 17.9. The number of amides is 3. The molecule has 4 N–H and O–H groups in total. The van der Waals surface area contributed by atoms with Gasteiger partial charge in [-0.25, -0.2) is 4.79 Å². The van der Waals surface area contributed by atoms with Crippen molar-refractivity contribution in [2.45, 2.75) is 13.1 Å². The molecule has 0 aliphatic carbocycles. The zero-order valence-corrected chi connectivity index (χ0v) is 12.6. The van der Waals surface area contributed by atoms with Crippen LogP contribution >= 0.6 is 0 Å². The fourth-order valence-electron chi connectivity index (χ4n) is 2.06. The van der Waals surface area contributed by atoms with E-state index in [1.165, 1.54) is 43.3 Å². The smallest absolute Gasteiger partial charge is 0.351 e. The van der Waals surface area contributed by atoms with Crippen LogP contribution < -0.4 is 16.4 Å². The van der Waals surface area contributed by atoms with Crippen molar-refractivity contribution in [2.24, 2.45) is 5.73 Å². The summed E-state index contributed by atoms with van der Waals surface area (Å²) in [5, 5.41) is 4.74. The van der Waals surface area contributed by atoms with Gasteiger partial charge in [0.1, 0.15) is 0 Å². The molecule has 0 heterocycles. The average molecular weight is 337 g/mol. The molecule has 0 atom stereocenters. The Kier molecular flexibility index (Phi) is 4.77. The first-order valence-corrected chi connectivity index (χ1v) is 6.82. The number of benzene rings is 2. The molecule has 2 aromatic rings. The normalized spacial score (nSPS) is 11.0. The molecule has 0 aliphatic heterocycles. The van der Waals surface area contributed by atoms with Gasteiger partial charge in [-0.15, -0.1) is 0 Å². The average Bonchev–Trinajstić information content (AvgIpc) is 2.48. The lowest BCUT2D eigenvalue weighted by atomic mass is 10.1. The number of primary amides is 1. The first-order valence-electron chi connectivity index (χ1n) is 6.82. The number of rotatable bonds is 3. The lowest BCUT2D eigenvalue weighted by molar-refractivity contribution is -0.138. The number of nitrogens with one attached hydrogen (secondary N) is 2. The summed E-state index contributed by atoms with van der Waals surface area (Å²) in [5.41, 5.74) is 4.89. The van der Waals surface area contributed by atoms with Gasteiger partial charge in [-0.2, -0.15) is 13.2 Å². The third-order valence-electron chi connectivity index (χ3n) is 3.22. The Morgan fingerprint density at radius 2 is 1.54 bits per heavy atom. The Bertz CT molecular complexity index is 771. The van der Waals surface area contributed by atoms with E-state index in [0.717, 1.165) is 6.07 Å². The maximum atomic E-state index is 12.9. The van der Waals surface area contributed by atoms with Crippen LogP contribution in [0.15, 0.2) is 42.5 Å². The van der Waals surface area contributed by atoms with E-state index in [-0.39, 0.29) is 16.8 Å². The van der Waals surface area contributed by atoms with Gasteiger partial charge in [-0.1, -0.05) is 6.07 Å². The van der Waals surface area contributed by atoms with E-state index < -0.39 is 23.7 Å². The predicted molar refractivity (Wildman–Crippen MR) is 83.8 cm³/mol. The number of aryl methyl sites for hydroxylation is 1. The third-order valence-corrected chi connectivity index (χ3v) is 3.22. The molecule has 8 heteroatoms. The number of carbonyl (C=O) groups is 2. The first-order chi connectivity index (χ1) is 11.2. The molecule has 0 bridgehead atoms. The van der Waals surface area contributed by atoms with Gasteiger partial charge in [0.2, 0.25) is 0 Å². The number of alkyl halides is 3. The monoisotopic (exact) mass is 337 g/mol. The van der Waals surface area contributed by atoms with Gasteiger partial charge < -0.3 is 16.4 Å². The van der Waals surface area contributed by atoms with Crippen molar-refractivity contribution < 1.29 is 22.8 Å². The maximum Gasteiger partial charge on any atom is 0.416 e. The Labute approximate surface area is 135 Å². The second-order valence-corrected chi connectivity index (χ2v) is 5.05. The highest BCUT2D eigenvalue weighted by atomic mass is 19.4. The van der Waals surface area contributed by atoms with Crippen molar-refractivity contribution in [3.05, 3.63) is 59.2 Å². The predicted octanol–water partition coefficient (Wildman–Crippen LogP) is 3.76. The molecule has 2 aromatic carbocycles. The van der Waals surface area contributed by atoms with Crippen molar-refractivity contribution in [1.29, 1.82) is 0 Å². The molecular weight excluding hydrogens is 323 g/mol. The molecule has 3 amide bonds. The lowest BCUT2D eigenvalue weighted by Gasteiger charge is -2.13. The molecule has 0 saturated carbocycles. The Hall–Kier alpha value is -3.03. The molecule has 2 rings (SSSR count). The minimum Gasteiger partial charge on any atom is -0.351 e. The second-order valence-electron chi connectivity index (χ2n) is 5.05. The number of hydrogen-bond donors (Lipinski definition) is 3. The van der Waals surface area contributed by atoms with Gasteiger partial charge in [-0.05, 0) is 48.9 Å². The molecule has 0 radical (unpaired) electrons. The topological polar surface area (TPSA) is 84.2 Å². The number of halogens is 3. The molecule has 5 nitrogen and oxygen atoms in total.